The molecular weight excluding hydrogens is 506 g/mol. The van der Waals surface area contributed by atoms with E-state index >= 15 is 0 Å². The summed E-state index contributed by atoms with van der Waals surface area (Å²) in [4.78, 5) is 32.6. The Balaban J connectivity index is 1.25. The van der Waals surface area contributed by atoms with Crippen LogP contribution in [0.2, 0.25) is 0 Å². The lowest BCUT2D eigenvalue weighted by Crippen LogP contribution is -2.11. The van der Waals surface area contributed by atoms with Crippen LogP contribution in [0, 0.1) is 6.92 Å². The minimum atomic E-state index is -0.197. The summed E-state index contributed by atoms with van der Waals surface area (Å²) in [6, 6.07) is 25.2. The lowest BCUT2D eigenvalue weighted by molar-refractivity contribution is 0.102. The molecule has 0 saturated carbocycles. The summed E-state index contributed by atoms with van der Waals surface area (Å²) < 4.78 is 0. The minimum absolute atomic E-state index is 0.197. The molecular formula is C30H21N7OS. The van der Waals surface area contributed by atoms with Gasteiger partial charge in [-0.3, -0.25) is 14.9 Å². The number of benzene rings is 2. The van der Waals surface area contributed by atoms with Crippen LogP contribution in [0.1, 0.15) is 15.2 Å². The van der Waals surface area contributed by atoms with Gasteiger partial charge in [0.2, 0.25) is 0 Å². The highest BCUT2D eigenvalue weighted by Gasteiger charge is 2.17. The summed E-state index contributed by atoms with van der Waals surface area (Å²) >= 11 is 1.75. The molecule has 0 radical (unpaired) electrons. The van der Waals surface area contributed by atoms with Crippen LogP contribution < -0.4 is 5.32 Å². The summed E-state index contributed by atoms with van der Waals surface area (Å²) in [6.45, 7) is 2.10. The molecule has 0 spiro atoms. The van der Waals surface area contributed by atoms with Crippen molar-refractivity contribution in [1.82, 2.24) is 30.1 Å². The Morgan fingerprint density at radius 1 is 0.872 bits per heavy atom. The molecule has 8 nitrogen and oxygen atoms in total. The average Bonchev–Trinajstić information content (AvgIpc) is 3.71. The quantitative estimate of drug-likeness (QED) is 0.227. The van der Waals surface area contributed by atoms with Crippen LogP contribution in [0.15, 0.2) is 91.3 Å². The highest BCUT2D eigenvalue weighted by atomic mass is 32.1. The van der Waals surface area contributed by atoms with Crippen molar-refractivity contribution in [1.29, 1.82) is 0 Å². The third-order valence-corrected chi connectivity index (χ3v) is 7.51. The predicted octanol–water partition coefficient (Wildman–Crippen LogP) is 6.85. The number of para-hydroxylation sites is 1. The van der Waals surface area contributed by atoms with Gasteiger partial charge in [-0.25, -0.2) is 9.97 Å². The van der Waals surface area contributed by atoms with Gasteiger partial charge in [0.1, 0.15) is 5.52 Å². The molecule has 0 aliphatic heterocycles. The second-order valence-corrected chi connectivity index (χ2v) is 10.4. The fourth-order valence-corrected chi connectivity index (χ4v) is 5.48. The molecule has 1 amide bonds. The smallest absolute Gasteiger partial charge is 0.255 e. The maximum absolute atomic E-state index is 12.6. The fraction of sp³-hybridized carbons (Fsp3) is 0.0333. The number of aromatic amines is 2. The first kappa shape index (κ1) is 23.0. The molecule has 39 heavy (non-hydrogen) atoms. The van der Waals surface area contributed by atoms with Gasteiger partial charge < -0.3 is 10.3 Å². The first-order valence-corrected chi connectivity index (χ1v) is 13.2. The zero-order chi connectivity index (χ0) is 26.3. The summed E-state index contributed by atoms with van der Waals surface area (Å²) in [7, 11) is 0. The summed E-state index contributed by atoms with van der Waals surface area (Å²) in [5.41, 5.74) is 7.69. The van der Waals surface area contributed by atoms with E-state index in [-0.39, 0.29) is 5.91 Å². The maximum atomic E-state index is 12.6. The minimum Gasteiger partial charge on any atom is -0.336 e. The number of hydrogen-bond acceptors (Lipinski definition) is 6. The van der Waals surface area contributed by atoms with Crippen LogP contribution in [0.3, 0.4) is 0 Å². The van der Waals surface area contributed by atoms with E-state index in [0.717, 1.165) is 27.7 Å². The van der Waals surface area contributed by atoms with Crippen LogP contribution in [-0.2, 0) is 0 Å². The Morgan fingerprint density at radius 3 is 2.62 bits per heavy atom. The second-order valence-electron chi connectivity index (χ2n) is 9.14. The molecule has 0 fully saturated rings. The highest BCUT2D eigenvalue weighted by Crippen LogP contribution is 2.35. The van der Waals surface area contributed by atoms with Gasteiger partial charge in [0.15, 0.2) is 11.5 Å². The maximum Gasteiger partial charge on any atom is 0.255 e. The molecule has 3 N–H and O–H groups in total. The molecule has 5 aromatic heterocycles. The molecule has 0 aliphatic carbocycles. The van der Waals surface area contributed by atoms with Crippen molar-refractivity contribution in [3.63, 3.8) is 0 Å². The zero-order valence-corrected chi connectivity index (χ0v) is 21.6. The van der Waals surface area contributed by atoms with Gasteiger partial charge in [-0.15, -0.1) is 11.3 Å². The van der Waals surface area contributed by atoms with Gasteiger partial charge >= 0.3 is 0 Å². The number of aromatic nitrogens is 6. The number of aryl methyl sites for hydroxylation is 1. The predicted molar refractivity (Wildman–Crippen MR) is 155 cm³/mol. The Morgan fingerprint density at radius 2 is 1.77 bits per heavy atom. The number of carbonyl (C=O) groups is 1. The number of amides is 1. The average molecular weight is 528 g/mol. The molecule has 0 saturated heterocycles. The fourth-order valence-electron chi connectivity index (χ4n) is 4.59. The summed E-state index contributed by atoms with van der Waals surface area (Å²) in [5.74, 6) is 0.445. The molecule has 5 heterocycles. The molecule has 7 aromatic rings. The molecule has 0 unspecified atom stereocenters. The first-order valence-electron chi connectivity index (χ1n) is 12.4. The molecule has 0 bridgehead atoms. The molecule has 0 aliphatic rings. The van der Waals surface area contributed by atoms with E-state index in [1.807, 2.05) is 48.5 Å². The number of carbonyl (C=O) groups excluding carboxylic acids is 1. The van der Waals surface area contributed by atoms with Crippen LogP contribution in [-0.4, -0.2) is 36.0 Å². The number of nitrogens with one attached hydrogen (secondary N) is 3. The van der Waals surface area contributed by atoms with Crippen molar-refractivity contribution in [2.24, 2.45) is 0 Å². The number of imidazole rings is 1. The number of H-pyrrole nitrogens is 2. The summed E-state index contributed by atoms with van der Waals surface area (Å²) in [5, 5.41) is 10.5. The Kier molecular flexibility index (Phi) is 5.49. The SMILES string of the molecule is Cc1ccc(-c2cccc3[nH]c(-c4n[nH]c5ccc(-c6cncc(NC(=O)c7ccccc7)c6)nc45)nc23)s1. The van der Waals surface area contributed by atoms with Gasteiger partial charge in [-0.2, -0.15) is 5.10 Å². The van der Waals surface area contributed by atoms with Gasteiger partial charge in [-0.1, -0.05) is 30.3 Å². The van der Waals surface area contributed by atoms with Crippen molar-refractivity contribution in [2.75, 3.05) is 5.32 Å². The number of fused-ring (bicyclic) bond motifs is 2. The topological polar surface area (TPSA) is 112 Å². The Labute approximate surface area is 226 Å². The number of anilines is 1. The number of pyridine rings is 2. The number of thiophene rings is 1. The number of rotatable bonds is 5. The largest absolute Gasteiger partial charge is 0.336 e. The van der Waals surface area contributed by atoms with Gasteiger partial charge in [0, 0.05) is 32.6 Å². The van der Waals surface area contributed by atoms with Crippen molar-refractivity contribution in [3.8, 4) is 33.2 Å². The van der Waals surface area contributed by atoms with Crippen molar-refractivity contribution < 1.29 is 4.79 Å². The molecule has 2 aromatic carbocycles. The molecule has 188 valence electrons. The second kappa shape index (κ2) is 9.30. The van der Waals surface area contributed by atoms with Crippen molar-refractivity contribution in [3.05, 3.63) is 102 Å². The monoisotopic (exact) mass is 527 g/mol. The van der Waals surface area contributed by atoms with E-state index < -0.39 is 0 Å². The lowest BCUT2D eigenvalue weighted by Gasteiger charge is -2.07. The Hall–Kier alpha value is -5.15. The summed E-state index contributed by atoms with van der Waals surface area (Å²) in [6.07, 6.45) is 3.34. The van der Waals surface area contributed by atoms with Crippen LogP contribution in [0.4, 0.5) is 5.69 Å². The lowest BCUT2D eigenvalue weighted by atomic mass is 10.1. The normalized spacial score (nSPS) is 11.3. The zero-order valence-electron chi connectivity index (χ0n) is 20.8. The first-order chi connectivity index (χ1) is 19.1. The van der Waals surface area contributed by atoms with Crippen LogP contribution in [0.25, 0.3) is 55.3 Å². The van der Waals surface area contributed by atoms with Crippen molar-refractivity contribution in [2.45, 2.75) is 6.92 Å². The molecule has 9 heteroatoms. The molecule has 0 atom stereocenters. The third kappa shape index (κ3) is 4.24. The van der Waals surface area contributed by atoms with E-state index in [0.29, 0.717) is 34.0 Å². The standard InChI is InChI=1S/C30H21N7OS/c1-17-10-13-25(39-17)21-8-5-9-23-26(21)35-29(34-23)28-27-24(36-37-28)12-11-22(33-27)19-14-20(16-31-15-19)32-30(38)18-6-3-2-4-7-18/h2-16H,1H3,(H,32,38)(H,34,35)(H,36,37). The van der Waals surface area contributed by atoms with E-state index in [4.69, 9.17) is 9.97 Å². The van der Waals surface area contributed by atoms with Crippen LogP contribution in [0.5, 0.6) is 0 Å². The van der Waals surface area contributed by atoms with Gasteiger partial charge in [0.25, 0.3) is 5.91 Å². The number of nitrogens with zero attached hydrogens (tertiary/aromatic N) is 4. The van der Waals surface area contributed by atoms with Crippen molar-refractivity contribution >= 4 is 45.0 Å². The van der Waals surface area contributed by atoms with Gasteiger partial charge in [-0.05, 0) is 55.5 Å². The number of hydrogen-bond donors (Lipinski definition) is 3. The van der Waals surface area contributed by atoms with E-state index in [1.165, 1.54) is 9.75 Å². The molecule has 7 rings (SSSR count). The van der Waals surface area contributed by atoms with E-state index in [2.05, 4.69) is 50.6 Å². The third-order valence-electron chi connectivity index (χ3n) is 6.48. The Bertz CT molecular complexity index is 1990. The van der Waals surface area contributed by atoms with Gasteiger partial charge in [0.05, 0.1) is 34.1 Å². The van der Waals surface area contributed by atoms with E-state index in [9.17, 15) is 4.79 Å². The van der Waals surface area contributed by atoms with Crippen LogP contribution >= 0.6 is 11.3 Å². The van der Waals surface area contributed by atoms with E-state index in [1.54, 1.807) is 35.9 Å². The highest BCUT2D eigenvalue weighted by molar-refractivity contribution is 7.15.